The molecule has 0 fully saturated rings. The van der Waals surface area contributed by atoms with Gasteiger partial charge in [-0.25, -0.2) is 10.8 Å². The van der Waals surface area contributed by atoms with Crippen LogP contribution in [-0.4, -0.2) is 22.7 Å². The number of anilines is 1. The smallest absolute Gasteiger partial charge is 0.219 e. The Balaban J connectivity index is 2.82. The minimum atomic E-state index is 0.0745. The van der Waals surface area contributed by atoms with E-state index in [0.717, 1.165) is 0 Å². The van der Waals surface area contributed by atoms with Crippen LogP contribution in [0, 0.1) is 5.92 Å². The zero-order valence-electron chi connectivity index (χ0n) is 11.4. The molecule has 1 heterocycles. The molecule has 0 radical (unpaired) electrons. The number of hydrazine groups is 1. The van der Waals surface area contributed by atoms with Gasteiger partial charge in [-0.05, 0) is 19.8 Å². The Morgan fingerprint density at radius 1 is 1.33 bits per heavy atom. The second-order valence-electron chi connectivity index (χ2n) is 4.36. The third kappa shape index (κ3) is 4.46. The zero-order valence-corrected chi connectivity index (χ0v) is 11.4. The van der Waals surface area contributed by atoms with Gasteiger partial charge in [0.15, 0.2) is 5.82 Å². The van der Waals surface area contributed by atoms with Gasteiger partial charge in [-0.2, -0.15) is 4.98 Å². The molecule has 0 aliphatic heterocycles. The van der Waals surface area contributed by atoms with E-state index in [0.29, 0.717) is 36.7 Å². The normalized spacial score (nSPS) is 12.6. The molecule has 3 N–H and O–H groups in total. The predicted octanol–water partition coefficient (Wildman–Crippen LogP) is 1.72. The summed E-state index contributed by atoms with van der Waals surface area (Å²) in [5.74, 6) is 7.36. The largest absolute Gasteiger partial charge is 0.474 e. The lowest BCUT2D eigenvalue weighted by Crippen LogP contribution is -2.20. The highest BCUT2D eigenvalue weighted by Gasteiger charge is 2.12. The Morgan fingerprint density at radius 3 is 2.61 bits per heavy atom. The van der Waals surface area contributed by atoms with Crippen LogP contribution in [0.2, 0.25) is 0 Å². The fraction of sp³-hybridized carbons (Fsp3) is 0.667. The molecule has 1 aromatic heterocycles. The van der Waals surface area contributed by atoms with E-state index in [-0.39, 0.29) is 6.10 Å². The summed E-state index contributed by atoms with van der Waals surface area (Å²) in [6.45, 7) is 9.07. The highest BCUT2D eigenvalue weighted by molar-refractivity contribution is 5.36. The molecule has 1 unspecified atom stereocenters. The lowest BCUT2D eigenvalue weighted by atomic mass is 10.1. The lowest BCUT2D eigenvalue weighted by molar-refractivity contribution is 0.125. The monoisotopic (exact) mass is 254 g/mol. The Bertz CT molecular complexity index is 371. The molecule has 0 aromatic carbocycles. The standard InChI is InChI=1S/C12H22N4O2/c1-5-17-7-11-14-10(16-13)6-12(15-11)18-9(4)8(2)3/h6,8-9H,5,7,13H2,1-4H3,(H,14,15,16). The molecule has 18 heavy (non-hydrogen) atoms. The quantitative estimate of drug-likeness (QED) is 0.569. The maximum Gasteiger partial charge on any atom is 0.219 e. The van der Waals surface area contributed by atoms with Gasteiger partial charge in [0, 0.05) is 12.7 Å². The van der Waals surface area contributed by atoms with E-state index in [1.165, 1.54) is 0 Å². The molecule has 0 bridgehead atoms. The van der Waals surface area contributed by atoms with Crippen molar-refractivity contribution in [2.45, 2.75) is 40.4 Å². The Kier molecular flexibility index (Phi) is 5.80. The van der Waals surface area contributed by atoms with Gasteiger partial charge in [-0.15, -0.1) is 0 Å². The molecule has 1 aromatic rings. The van der Waals surface area contributed by atoms with E-state index in [2.05, 4.69) is 29.2 Å². The van der Waals surface area contributed by atoms with Crippen LogP contribution in [0.1, 0.15) is 33.5 Å². The maximum absolute atomic E-state index is 5.74. The second kappa shape index (κ2) is 7.13. The average molecular weight is 254 g/mol. The highest BCUT2D eigenvalue weighted by Crippen LogP contribution is 2.17. The lowest BCUT2D eigenvalue weighted by Gasteiger charge is -2.18. The average Bonchev–Trinajstić information content (AvgIpc) is 2.35. The number of rotatable bonds is 7. The van der Waals surface area contributed by atoms with Crippen molar-refractivity contribution in [3.8, 4) is 5.88 Å². The fourth-order valence-electron chi connectivity index (χ4n) is 1.19. The zero-order chi connectivity index (χ0) is 13.5. The van der Waals surface area contributed by atoms with Crippen LogP contribution < -0.4 is 16.0 Å². The van der Waals surface area contributed by atoms with Crippen molar-refractivity contribution in [1.29, 1.82) is 0 Å². The molecule has 0 amide bonds. The Morgan fingerprint density at radius 2 is 2.06 bits per heavy atom. The van der Waals surface area contributed by atoms with Gasteiger partial charge in [0.25, 0.3) is 0 Å². The molecule has 0 aliphatic rings. The number of aromatic nitrogens is 2. The van der Waals surface area contributed by atoms with Gasteiger partial charge >= 0.3 is 0 Å². The van der Waals surface area contributed by atoms with E-state index in [1.54, 1.807) is 6.07 Å². The summed E-state index contributed by atoms with van der Waals surface area (Å²) in [7, 11) is 0. The third-order valence-corrected chi connectivity index (χ3v) is 2.58. The fourth-order valence-corrected chi connectivity index (χ4v) is 1.19. The first-order valence-corrected chi connectivity index (χ1v) is 6.15. The Hall–Kier alpha value is -1.40. The number of hydrogen-bond acceptors (Lipinski definition) is 6. The molecule has 6 nitrogen and oxygen atoms in total. The number of nitrogens with zero attached hydrogens (tertiary/aromatic N) is 2. The summed E-state index contributed by atoms with van der Waals surface area (Å²) in [5.41, 5.74) is 2.50. The van der Waals surface area contributed by atoms with Crippen molar-refractivity contribution in [3.63, 3.8) is 0 Å². The van der Waals surface area contributed by atoms with E-state index in [4.69, 9.17) is 15.3 Å². The summed E-state index contributed by atoms with van der Waals surface area (Å²) in [5, 5.41) is 0. The molecule has 0 saturated carbocycles. The maximum atomic E-state index is 5.74. The van der Waals surface area contributed by atoms with E-state index in [1.807, 2.05) is 13.8 Å². The van der Waals surface area contributed by atoms with E-state index < -0.39 is 0 Å². The first-order chi connectivity index (χ1) is 8.56. The van der Waals surface area contributed by atoms with Crippen molar-refractivity contribution in [3.05, 3.63) is 11.9 Å². The number of hydrogen-bond donors (Lipinski definition) is 2. The topological polar surface area (TPSA) is 82.3 Å². The summed E-state index contributed by atoms with van der Waals surface area (Å²) in [4.78, 5) is 8.48. The minimum absolute atomic E-state index is 0.0745. The van der Waals surface area contributed by atoms with Crippen LogP contribution in [0.4, 0.5) is 5.82 Å². The van der Waals surface area contributed by atoms with Crippen LogP contribution in [-0.2, 0) is 11.3 Å². The molecule has 0 spiro atoms. The summed E-state index contributed by atoms with van der Waals surface area (Å²) >= 11 is 0. The third-order valence-electron chi connectivity index (χ3n) is 2.58. The van der Waals surface area contributed by atoms with Crippen LogP contribution in [0.25, 0.3) is 0 Å². The molecule has 1 atom stereocenters. The van der Waals surface area contributed by atoms with Gasteiger partial charge in [-0.1, -0.05) is 13.8 Å². The number of nitrogen functional groups attached to an aromatic ring is 1. The molecular formula is C12H22N4O2. The van der Waals surface area contributed by atoms with Gasteiger partial charge in [0.2, 0.25) is 5.88 Å². The Labute approximate surface area is 108 Å². The van der Waals surface area contributed by atoms with Gasteiger partial charge in [0.1, 0.15) is 12.4 Å². The van der Waals surface area contributed by atoms with Crippen molar-refractivity contribution in [1.82, 2.24) is 9.97 Å². The molecular weight excluding hydrogens is 232 g/mol. The summed E-state index contributed by atoms with van der Waals surface area (Å²) in [6, 6.07) is 1.67. The molecule has 6 heteroatoms. The van der Waals surface area contributed by atoms with Gasteiger partial charge < -0.3 is 14.9 Å². The molecule has 0 aliphatic carbocycles. The predicted molar refractivity (Wildman–Crippen MR) is 70.1 cm³/mol. The minimum Gasteiger partial charge on any atom is -0.474 e. The van der Waals surface area contributed by atoms with Crippen LogP contribution in [0.15, 0.2) is 6.07 Å². The molecule has 102 valence electrons. The second-order valence-corrected chi connectivity index (χ2v) is 4.36. The van der Waals surface area contributed by atoms with Crippen LogP contribution >= 0.6 is 0 Å². The highest BCUT2D eigenvalue weighted by atomic mass is 16.5. The number of nitrogens with two attached hydrogens (primary N) is 1. The van der Waals surface area contributed by atoms with Crippen molar-refractivity contribution in [2.24, 2.45) is 11.8 Å². The van der Waals surface area contributed by atoms with Crippen LogP contribution in [0.5, 0.6) is 5.88 Å². The number of ether oxygens (including phenoxy) is 2. The summed E-state index contributed by atoms with van der Waals surface area (Å²) < 4.78 is 11.0. The van der Waals surface area contributed by atoms with Gasteiger partial charge in [0.05, 0.1) is 6.10 Å². The summed E-state index contributed by atoms with van der Waals surface area (Å²) in [6.07, 6.45) is 0.0745. The van der Waals surface area contributed by atoms with Crippen molar-refractivity contribution < 1.29 is 9.47 Å². The molecule has 1 rings (SSSR count). The SMILES string of the molecule is CCOCc1nc(NN)cc(OC(C)C(C)C)n1. The van der Waals surface area contributed by atoms with E-state index >= 15 is 0 Å². The molecule has 0 saturated heterocycles. The first-order valence-electron chi connectivity index (χ1n) is 6.15. The van der Waals surface area contributed by atoms with Gasteiger partial charge in [-0.3, -0.25) is 0 Å². The number of nitrogens with one attached hydrogen (secondary N) is 1. The van der Waals surface area contributed by atoms with Crippen LogP contribution in [0.3, 0.4) is 0 Å². The van der Waals surface area contributed by atoms with E-state index in [9.17, 15) is 0 Å². The van der Waals surface area contributed by atoms with Crippen molar-refractivity contribution in [2.75, 3.05) is 12.0 Å². The first kappa shape index (κ1) is 14.7. The van der Waals surface area contributed by atoms with Crippen molar-refractivity contribution >= 4 is 5.82 Å².